The lowest BCUT2D eigenvalue weighted by atomic mass is 10.1. The Bertz CT molecular complexity index is 2720. The van der Waals surface area contributed by atoms with Crippen molar-refractivity contribution in [2.45, 2.75) is 62.3 Å². The minimum Gasteiger partial charge on any atom is -0.396 e. The number of hydrogen-bond acceptors (Lipinski definition) is 2. The number of pyridine rings is 1. The third kappa shape index (κ3) is 26.2. The van der Waals surface area contributed by atoms with Crippen LogP contribution in [0, 0.1) is 127 Å². The molecule has 0 aliphatic heterocycles. The molecule has 380 valence electrons. The molecule has 2 N–H and O–H groups in total. The van der Waals surface area contributed by atoms with E-state index in [9.17, 15) is 43.9 Å². The van der Waals surface area contributed by atoms with E-state index in [1.54, 1.807) is 68.6 Å². The molecule has 0 bridgehead atoms. The predicted octanol–water partition coefficient (Wildman–Crippen LogP) is 18.5. The summed E-state index contributed by atoms with van der Waals surface area (Å²) in [6.07, 6.45) is 1.69. The smallest absolute Gasteiger partial charge is 0.222 e. The van der Waals surface area contributed by atoms with Crippen LogP contribution in [0.1, 0.15) is 50.1 Å². The van der Waals surface area contributed by atoms with Crippen LogP contribution in [0.15, 0.2) is 146 Å². The van der Waals surface area contributed by atoms with Gasteiger partial charge in [0.25, 0.3) is 0 Å². The van der Waals surface area contributed by atoms with Crippen LogP contribution in [-0.4, -0.2) is 4.98 Å². The summed E-state index contributed by atoms with van der Waals surface area (Å²) >= 11 is 11.0. The molecular formula is C57H53Cl2F10N3. The van der Waals surface area contributed by atoms with E-state index in [4.69, 9.17) is 35.5 Å². The number of halogens is 12. The highest BCUT2D eigenvalue weighted by atomic mass is 35.5. The molecule has 1 aromatic heterocycles. The Balaban J connectivity index is 0.000000412. The number of nitrogen functional groups attached to an aromatic ring is 1. The van der Waals surface area contributed by atoms with E-state index in [0.29, 0.717) is 10.7 Å². The summed E-state index contributed by atoms with van der Waals surface area (Å²) < 4.78 is 123. The van der Waals surface area contributed by atoms with Crippen molar-refractivity contribution in [2.24, 2.45) is 0 Å². The van der Waals surface area contributed by atoms with Gasteiger partial charge in [-0.1, -0.05) is 94.5 Å². The molecule has 0 saturated heterocycles. The third-order valence-corrected chi connectivity index (χ3v) is 9.35. The monoisotopic (exact) mass is 1040 g/mol. The topological polar surface area (TPSA) is 43.3 Å². The van der Waals surface area contributed by atoms with Crippen LogP contribution in [0.25, 0.3) is 4.85 Å². The highest BCUT2D eigenvalue weighted by Crippen LogP contribution is 2.19. The molecule has 0 fully saturated rings. The molecule has 0 aliphatic carbocycles. The van der Waals surface area contributed by atoms with Crippen LogP contribution < -0.4 is 5.73 Å². The summed E-state index contributed by atoms with van der Waals surface area (Å²) in [4.78, 5) is 6.81. The molecular weight excluding hydrogens is 988 g/mol. The van der Waals surface area contributed by atoms with Gasteiger partial charge in [-0.15, -0.1) is 0 Å². The van der Waals surface area contributed by atoms with Crippen LogP contribution in [0.3, 0.4) is 0 Å². The Labute approximate surface area is 425 Å². The predicted molar refractivity (Wildman–Crippen MR) is 272 cm³/mol. The number of hydrogen-bond donors (Lipinski definition) is 1. The number of rotatable bonds is 0. The number of nitrogens with two attached hydrogens (primary N) is 1. The highest BCUT2D eigenvalue weighted by molar-refractivity contribution is 6.30. The number of nitrogens with zero attached hydrogens (tertiary/aromatic N) is 2. The van der Waals surface area contributed by atoms with Gasteiger partial charge in [0.1, 0.15) is 34.2 Å². The maximum atomic E-state index is 12.6. The molecule has 7 aromatic carbocycles. The number of benzene rings is 7. The maximum absolute atomic E-state index is 12.6. The van der Waals surface area contributed by atoms with Gasteiger partial charge in [0.05, 0.1) is 17.3 Å². The summed E-state index contributed by atoms with van der Waals surface area (Å²) in [5.41, 5.74) is 13.6. The minimum atomic E-state index is -1.41. The molecule has 8 aromatic rings. The minimum absolute atomic E-state index is 0.0972. The zero-order chi connectivity index (χ0) is 54.7. The molecule has 15 heteroatoms. The molecule has 0 aliphatic rings. The van der Waals surface area contributed by atoms with Gasteiger partial charge in [0.15, 0.2) is 29.1 Å². The van der Waals surface area contributed by atoms with Gasteiger partial charge < -0.3 is 5.73 Å². The highest BCUT2D eigenvalue weighted by Gasteiger charge is 2.07. The fourth-order valence-corrected chi connectivity index (χ4v) is 5.55. The first-order chi connectivity index (χ1) is 33.7. The van der Waals surface area contributed by atoms with Gasteiger partial charge in [0, 0.05) is 6.20 Å². The Morgan fingerprint density at radius 2 is 0.806 bits per heavy atom. The van der Waals surface area contributed by atoms with Gasteiger partial charge in [-0.3, -0.25) is 0 Å². The second kappa shape index (κ2) is 32.7. The van der Waals surface area contributed by atoms with E-state index >= 15 is 0 Å². The van der Waals surface area contributed by atoms with E-state index < -0.39 is 34.9 Å². The maximum Gasteiger partial charge on any atom is 0.222 e. The van der Waals surface area contributed by atoms with E-state index in [0.717, 1.165) is 68.8 Å². The second-order valence-electron chi connectivity index (χ2n) is 15.7. The van der Waals surface area contributed by atoms with Crippen molar-refractivity contribution in [3.8, 4) is 0 Å². The van der Waals surface area contributed by atoms with Gasteiger partial charge in [-0.05, 0) is 181 Å². The summed E-state index contributed by atoms with van der Waals surface area (Å²) in [5.74, 6) is -6.71. The van der Waals surface area contributed by atoms with E-state index in [-0.39, 0.29) is 39.7 Å². The van der Waals surface area contributed by atoms with Crippen molar-refractivity contribution in [3.63, 3.8) is 0 Å². The molecule has 1 heterocycles. The second-order valence-corrected chi connectivity index (χ2v) is 16.5. The number of anilines is 1. The summed E-state index contributed by atoms with van der Waals surface area (Å²) in [5, 5.41) is 0.750. The van der Waals surface area contributed by atoms with E-state index in [1.807, 2.05) is 59.7 Å². The van der Waals surface area contributed by atoms with Crippen molar-refractivity contribution >= 4 is 34.6 Å². The largest absolute Gasteiger partial charge is 0.396 e. The quantitative estimate of drug-likeness (QED) is 0.0541. The van der Waals surface area contributed by atoms with Crippen molar-refractivity contribution in [2.75, 3.05) is 5.73 Å². The van der Waals surface area contributed by atoms with Crippen molar-refractivity contribution < 1.29 is 43.9 Å². The van der Waals surface area contributed by atoms with E-state index in [2.05, 4.69) is 9.83 Å². The molecule has 0 amide bonds. The molecule has 0 unspecified atom stereocenters. The van der Waals surface area contributed by atoms with Crippen molar-refractivity contribution in [1.82, 2.24) is 4.98 Å². The van der Waals surface area contributed by atoms with Gasteiger partial charge in [-0.25, -0.2) is 53.7 Å². The first kappa shape index (κ1) is 62.9. The molecule has 0 atom stereocenters. The number of aryl methyl sites for hydroxylation is 9. The molecule has 72 heavy (non-hydrogen) atoms. The Hall–Kier alpha value is -7.14. The molecule has 0 saturated carbocycles. The lowest BCUT2D eigenvalue weighted by Gasteiger charge is -1.95. The fraction of sp³-hybridized carbons (Fsp3) is 0.158. The Morgan fingerprint density at radius 1 is 0.389 bits per heavy atom. The Morgan fingerprint density at radius 3 is 1.18 bits per heavy atom. The third-order valence-electron chi connectivity index (χ3n) is 8.86. The fourth-order valence-electron chi connectivity index (χ4n) is 5.08. The zero-order valence-electron chi connectivity index (χ0n) is 40.9. The van der Waals surface area contributed by atoms with Gasteiger partial charge in [-0.2, -0.15) is 0 Å². The van der Waals surface area contributed by atoms with Crippen LogP contribution in [0.5, 0.6) is 0 Å². The summed E-state index contributed by atoms with van der Waals surface area (Å²) in [6, 6.07) is 34.7. The normalized spacial score (nSPS) is 9.50. The molecule has 0 radical (unpaired) electrons. The van der Waals surface area contributed by atoms with Crippen LogP contribution in [-0.2, 0) is 0 Å². The van der Waals surface area contributed by atoms with Crippen molar-refractivity contribution in [3.05, 3.63) is 276 Å². The van der Waals surface area contributed by atoms with E-state index in [1.165, 1.54) is 55.5 Å². The molecule has 8 rings (SSSR count). The first-order valence-electron chi connectivity index (χ1n) is 21.4. The van der Waals surface area contributed by atoms with Crippen LogP contribution in [0.2, 0.25) is 10.2 Å². The first-order valence-corrected chi connectivity index (χ1v) is 22.1. The average molecular weight is 1040 g/mol. The lowest BCUT2D eigenvalue weighted by Crippen LogP contribution is -1.90. The standard InChI is InChI=1S/C8H6FN.C8H9F.C7H6ClF.C7H5F3.C7H6F2.C7H8FN.C7H7F.C6H6ClN/c1-6-3-4-7(9)8(5-6)10-2;1-6-3-4-8(9)7(2)5-6;1-5-2-3-7(9)6(8)4-5;1-4-2-5(8)7(10)6(9)3-4;2*1-5-2-3-6(8)7(9)4-5;1-6-2-4-7(8)5-3-6;1-5-2-3-8-6(7)4-5/h3-5H,1H3;3-5H,1-2H3;2-4H,1H3;2-3H,1H3;2-4H,1H3;2-4H,9H2,1H3;2-5H,1H3;2-4H,1H3. The summed E-state index contributed by atoms with van der Waals surface area (Å²) in [6.45, 7) is 23.0. The Kier molecular flexibility index (Phi) is 28.5. The average Bonchev–Trinajstić information content (AvgIpc) is 3.31. The number of aromatic nitrogens is 1. The zero-order valence-corrected chi connectivity index (χ0v) is 42.4. The van der Waals surface area contributed by atoms with Crippen molar-refractivity contribution in [1.29, 1.82) is 0 Å². The lowest BCUT2D eigenvalue weighted by molar-refractivity contribution is 0.446. The molecule has 0 spiro atoms. The SMILES string of the molecule is Cc1cc(F)c(F)c(F)c1.Cc1ccc(F)c(C)c1.Cc1ccc(F)c(Cl)c1.Cc1ccc(F)c(F)c1.Cc1ccc(F)c(N)c1.Cc1ccc(F)cc1.Cc1ccnc(Cl)c1.[C-]#[N+]c1cc(C)ccc1F. The van der Waals surface area contributed by atoms with Crippen LogP contribution >= 0.6 is 23.2 Å². The summed E-state index contributed by atoms with van der Waals surface area (Å²) in [7, 11) is 0. The molecule has 3 nitrogen and oxygen atoms in total. The van der Waals surface area contributed by atoms with Gasteiger partial charge >= 0.3 is 0 Å². The van der Waals surface area contributed by atoms with Crippen LogP contribution in [0.4, 0.5) is 55.3 Å². The van der Waals surface area contributed by atoms with Gasteiger partial charge in [0.2, 0.25) is 5.69 Å².